The summed E-state index contributed by atoms with van der Waals surface area (Å²) in [5, 5.41) is 9.34. The normalized spacial score (nSPS) is 21.7. The Hall–Kier alpha value is -2.87. The molecule has 2 atom stereocenters. The highest BCUT2D eigenvalue weighted by molar-refractivity contribution is 6.31. The second-order valence-electron chi connectivity index (χ2n) is 5.92. The molecule has 9 heteroatoms. The van der Waals surface area contributed by atoms with Gasteiger partial charge in [0, 0.05) is 5.02 Å². The average Bonchev–Trinajstić information content (AvgIpc) is 3.12. The molecule has 2 unspecified atom stereocenters. The van der Waals surface area contributed by atoms with Crippen molar-refractivity contribution < 1.29 is 18.4 Å². The number of nitrogens with zero attached hydrogens (tertiary/aromatic N) is 4. The van der Waals surface area contributed by atoms with Crippen LogP contribution in [0, 0.1) is 11.6 Å². The van der Waals surface area contributed by atoms with Gasteiger partial charge in [0.05, 0.1) is 12.2 Å². The second kappa shape index (κ2) is 6.14. The summed E-state index contributed by atoms with van der Waals surface area (Å²) in [7, 11) is 0. The van der Waals surface area contributed by atoms with E-state index in [-0.39, 0.29) is 17.3 Å². The van der Waals surface area contributed by atoms with Crippen molar-refractivity contribution in [2.24, 2.45) is 10.3 Å². The van der Waals surface area contributed by atoms with E-state index in [2.05, 4.69) is 10.3 Å². The minimum Gasteiger partial charge on any atom is -0.271 e. The highest BCUT2D eigenvalue weighted by Gasteiger charge is 2.54. The molecule has 0 aromatic heterocycles. The van der Waals surface area contributed by atoms with Gasteiger partial charge in [-0.25, -0.2) is 13.7 Å². The van der Waals surface area contributed by atoms with Crippen molar-refractivity contribution in [2.75, 3.05) is 4.90 Å². The van der Waals surface area contributed by atoms with Crippen LogP contribution in [-0.2, 0) is 16.1 Å². The largest absolute Gasteiger partial charge is 0.271 e. The van der Waals surface area contributed by atoms with Crippen molar-refractivity contribution in [3.63, 3.8) is 0 Å². The van der Waals surface area contributed by atoms with E-state index in [1.54, 1.807) is 0 Å². The first-order valence-corrected chi connectivity index (χ1v) is 8.08. The molecule has 0 N–H and O–H groups in total. The van der Waals surface area contributed by atoms with Gasteiger partial charge >= 0.3 is 0 Å². The molecule has 0 spiro atoms. The fourth-order valence-electron chi connectivity index (χ4n) is 3.02. The number of anilines is 1. The SMILES string of the molecule is O=C1C2N=NN(Cc3ccc(F)cc3Cl)C2C(=O)N1c1ccc(F)cc1. The molecule has 1 fully saturated rings. The van der Waals surface area contributed by atoms with Crippen molar-refractivity contribution in [2.45, 2.75) is 18.6 Å². The summed E-state index contributed by atoms with van der Waals surface area (Å²) in [6.45, 7) is 0.0973. The standard InChI is InChI=1S/C17H11ClF2N4O2/c18-13-7-11(20)2-1-9(13)8-23-15-14(21-22-23)16(25)24(17(15)26)12-5-3-10(19)4-6-12/h1-7,14-15H,8H2. The Kier molecular flexibility index (Phi) is 3.91. The van der Waals surface area contributed by atoms with E-state index in [0.29, 0.717) is 5.56 Å². The third-order valence-corrected chi connectivity index (χ3v) is 4.64. The number of halogens is 3. The Morgan fingerprint density at radius 3 is 2.38 bits per heavy atom. The number of fused-ring (bicyclic) bond motifs is 1. The summed E-state index contributed by atoms with van der Waals surface area (Å²) in [6.07, 6.45) is 0. The predicted octanol–water partition coefficient (Wildman–Crippen LogP) is 3.11. The maximum atomic E-state index is 13.2. The van der Waals surface area contributed by atoms with Gasteiger partial charge in [-0.15, -0.1) is 0 Å². The fraction of sp³-hybridized carbons (Fsp3) is 0.176. The summed E-state index contributed by atoms with van der Waals surface area (Å²) in [4.78, 5) is 26.3. The van der Waals surface area contributed by atoms with E-state index >= 15 is 0 Å². The maximum absolute atomic E-state index is 13.2. The molecular weight excluding hydrogens is 366 g/mol. The number of amides is 2. The van der Waals surface area contributed by atoms with Crippen LogP contribution in [0.25, 0.3) is 0 Å². The van der Waals surface area contributed by atoms with E-state index in [9.17, 15) is 18.4 Å². The lowest BCUT2D eigenvalue weighted by atomic mass is 10.1. The van der Waals surface area contributed by atoms with Crippen LogP contribution in [0.5, 0.6) is 0 Å². The van der Waals surface area contributed by atoms with Crippen LogP contribution >= 0.6 is 11.6 Å². The van der Waals surface area contributed by atoms with E-state index < -0.39 is 35.5 Å². The minimum atomic E-state index is -0.966. The zero-order valence-corrected chi connectivity index (χ0v) is 13.9. The van der Waals surface area contributed by atoms with Crippen LogP contribution < -0.4 is 4.90 Å². The molecule has 26 heavy (non-hydrogen) atoms. The summed E-state index contributed by atoms with van der Waals surface area (Å²) in [5.41, 5.74) is 0.818. The molecule has 2 aliphatic rings. The van der Waals surface area contributed by atoms with Crippen LogP contribution in [0.2, 0.25) is 5.02 Å². The van der Waals surface area contributed by atoms with Gasteiger partial charge in [-0.05, 0) is 42.0 Å². The summed E-state index contributed by atoms with van der Waals surface area (Å²) in [5.74, 6) is -1.98. The van der Waals surface area contributed by atoms with Crippen LogP contribution in [-0.4, -0.2) is 28.9 Å². The second-order valence-corrected chi connectivity index (χ2v) is 6.32. The number of hydrogen-bond acceptors (Lipinski definition) is 5. The van der Waals surface area contributed by atoms with E-state index in [1.807, 2.05) is 0 Å². The summed E-state index contributed by atoms with van der Waals surface area (Å²) >= 11 is 6.02. The first kappa shape index (κ1) is 16.6. The Morgan fingerprint density at radius 1 is 1.00 bits per heavy atom. The molecule has 6 nitrogen and oxygen atoms in total. The number of rotatable bonds is 3. The molecule has 1 saturated heterocycles. The first-order valence-electron chi connectivity index (χ1n) is 7.70. The zero-order chi connectivity index (χ0) is 18.4. The molecule has 2 heterocycles. The first-order chi connectivity index (χ1) is 12.5. The lowest BCUT2D eigenvalue weighted by Crippen LogP contribution is -2.39. The summed E-state index contributed by atoms with van der Waals surface area (Å²) in [6, 6.07) is 7.06. The molecule has 4 rings (SSSR count). The lowest BCUT2D eigenvalue weighted by Gasteiger charge is -2.21. The van der Waals surface area contributed by atoms with Gasteiger partial charge in [0.15, 0.2) is 12.1 Å². The maximum Gasteiger partial charge on any atom is 0.263 e. The number of hydrogen-bond donors (Lipinski definition) is 0. The number of carbonyl (C=O) groups is 2. The van der Waals surface area contributed by atoms with Gasteiger partial charge in [-0.2, -0.15) is 5.11 Å². The molecule has 2 amide bonds. The van der Waals surface area contributed by atoms with Gasteiger partial charge in [-0.3, -0.25) is 14.6 Å². The van der Waals surface area contributed by atoms with Crippen molar-refractivity contribution in [1.29, 1.82) is 0 Å². The van der Waals surface area contributed by atoms with Crippen LogP contribution in [0.4, 0.5) is 14.5 Å². The molecule has 2 aromatic carbocycles. The van der Waals surface area contributed by atoms with Gasteiger partial charge in [0.2, 0.25) is 0 Å². The number of carbonyl (C=O) groups excluding carboxylic acids is 2. The van der Waals surface area contributed by atoms with E-state index in [4.69, 9.17) is 11.6 Å². The Balaban J connectivity index is 1.61. The van der Waals surface area contributed by atoms with Gasteiger partial charge in [-0.1, -0.05) is 22.9 Å². The van der Waals surface area contributed by atoms with E-state index in [1.165, 1.54) is 41.4 Å². The quantitative estimate of drug-likeness (QED) is 0.773. The molecular formula is C17H11ClF2N4O2. The predicted molar refractivity (Wildman–Crippen MR) is 88.3 cm³/mol. The molecule has 0 radical (unpaired) electrons. The van der Waals surface area contributed by atoms with Crippen LogP contribution in [0.15, 0.2) is 52.8 Å². The highest BCUT2D eigenvalue weighted by Crippen LogP contribution is 2.33. The monoisotopic (exact) mass is 376 g/mol. The molecule has 2 aromatic rings. The molecule has 0 bridgehead atoms. The third-order valence-electron chi connectivity index (χ3n) is 4.29. The Morgan fingerprint density at radius 2 is 1.69 bits per heavy atom. The van der Waals surface area contributed by atoms with Gasteiger partial charge < -0.3 is 0 Å². The van der Waals surface area contributed by atoms with Gasteiger partial charge in [0.25, 0.3) is 11.8 Å². The topological polar surface area (TPSA) is 65.3 Å². The zero-order valence-electron chi connectivity index (χ0n) is 13.1. The number of benzene rings is 2. The average molecular weight is 377 g/mol. The van der Waals surface area contributed by atoms with Crippen LogP contribution in [0.3, 0.4) is 0 Å². The smallest absolute Gasteiger partial charge is 0.263 e. The van der Waals surface area contributed by atoms with Crippen molar-refractivity contribution >= 4 is 29.1 Å². The molecule has 132 valence electrons. The molecule has 0 aliphatic carbocycles. The van der Waals surface area contributed by atoms with E-state index in [0.717, 1.165) is 11.0 Å². The van der Waals surface area contributed by atoms with Crippen molar-refractivity contribution in [3.05, 3.63) is 64.7 Å². The Bertz CT molecular complexity index is 935. The van der Waals surface area contributed by atoms with Crippen molar-refractivity contribution in [3.8, 4) is 0 Å². The van der Waals surface area contributed by atoms with Crippen molar-refractivity contribution in [1.82, 2.24) is 5.01 Å². The third kappa shape index (κ3) is 2.62. The summed E-state index contributed by atoms with van der Waals surface area (Å²) < 4.78 is 26.3. The lowest BCUT2D eigenvalue weighted by molar-refractivity contribution is -0.123. The van der Waals surface area contributed by atoms with Crippen LogP contribution in [0.1, 0.15) is 5.56 Å². The highest BCUT2D eigenvalue weighted by atomic mass is 35.5. The minimum absolute atomic E-state index is 0.0973. The van der Waals surface area contributed by atoms with Gasteiger partial charge in [0.1, 0.15) is 11.6 Å². The molecule has 2 aliphatic heterocycles. The Labute approximate surface area is 151 Å². The fourth-order valence-corrected chi connectivity index (χ4v) is 3.25. The number of imide groups is 1. The molecule has 0 saturated carbocycles.